The van der Waals surface area contributed by atoms with Gasteiger partial charge in [-0.3, -0.25) is 0 Å². The van der Waals surface area contributed by atoms with Gasteiger partial charge in [-0.15, -0.1) is 0 Å². The summed E-state index contributed by atoms with van der Waals surface area (Å²) in [7, 11) is -3.33. The van der Waals surface area contributed by atoms with Gasteiger partial charge < -0.3 is 0 Å². The monoisotopic (exact) mass is 184 g/mol. The van der Waals surface area contributed by atoms with E-state index in [1.54, 1.807) is 0 Å². The van der Waals surface area contributed by atoms with Crippen LogP contribution in [-0.2, 0) is 23.3 Å². The second-order valence-electron chi connectivity index (χ2n) is 1.09. The van der Waals surface area contributed by atoms with Crippen LogP contribution in [0, 0.1) is 5.63 Å². The molecule has 0 aromatic rings. The first-order chi connectivity index (χ1) is 4.62. The molecular formula is C3H5O5PS. The van der Waals surface area contributed by atoms with E-state index >= 15 is 0 Å². The fourth-order valence-corrected chi connectivity index (χ4v) is 0.677. The molecule has 0 aliphatic carbocycles. The minimum atomic E-state index is -3.90. The molecule has 0 spiro atoms. The van der Waals surface area contributed by atoms with Gasteiger partial charge in [0.15, 0.2) is 0 Å². The maximum atomic E-state index is 10.3. The molecule has 5 nitrogen and oxygen atoms in total. The summed E-state index contributed by atoms with van der Waals surface area (Å²) < 4.78 is 38.2. The third kappa shape index (κ3) is 4.73. The van der Waals surface area contributed by atoms with Gasteiger partial charge in [-0.25, -0.2) is 0 Å². The molecule has 0 N–H and O–H groups in total. The Balaban J connectivity index is 3.88. The molecule has 0 aliphatic heterocycles. The molecule has 0 saturated carbocycles. The van der Waals surface area contributed by atoms with Crippen LogP contribution in [0.15, 0.2) is 0 Å². The van der Waals surface area contributed by atoms with E-state index < -0.39 is 18.3 Å². The Bertz CT molecular complexity index is 273. The van der Waals surface area contributed by atoms with Crippen molar-refractivity contribution in [3.63, 3.8) is 0 Å². The second-order valence-corrected chi connectivity index (χ2v) is 2.97. The molecule has 0 saturated heterocycles. The first-order valence-electron chi connectivity index (χ1n) is 2.12. The van der Waals surface area contributed by atoms with E-state index in [0.29, 0.717) is 0 Å². The molecule has 0 rings (SSSR count). The van der Waals surface area contributed by atoms with Gasteiger partial charge in [0.25, 0.3) is 0 Å². The van der Waals surface area contributed by atoms with Crippen molar-refractivity contribution in [2.45, 2.75) is 0 Å². The van der Waals surface area contributed by atoms with Crippen molar-refractivity contribution >= 4 is 18.3 Å². The van der Waals surface area contributed by atoms with Crippen LogP contribution in [0.2, 0.25) is 0 Å². The number of rotatable bonds is 3. The molecule has 0 heterocycles. The van der Waals surface area contributed by atoms with Crippen LogP contribution in [0.25, 0.3) is 0 Å². The van der Waals surface area contributed by atoms with Crippen LogP contribution in [0.3, 0.4) is 0 Å². The summed E-state index contributed by atoms with van der Waals surface area (Å²) in [6.07, 6.45) is 0. The molecule has 0 radical (unpaired) electrons. The molecule has 0 unspecified atom stereocenters. The SMILES string of the molecule is COS(=O)(=O)OCC#P=O. The van der Waals surface area contributed by atoms with Crippen LogP contribution in [-0.4, -0.2) is 22.1 Å². The summed E-state index contributed by atoms with van der Waals surface area (Å²) in [5, 5.41) is 0. The summed E-state index contributed by atoms with van der Waals surface area (Å²) in [4.78, 5) is 0. The Hall–Kier alpha value is -0.120. The molecule has 0 aliphatic rings. The summed E-state index contributed by atoms with van der Waals surface area (Å²) in [5.41, 5.74) is 2.07. The standard InChI is InChI=1S/C3H5O5PS/c1-7-10(5,6)8-2-3-9-4/h2H2,1H3. The zero-order chi connectivity index (χ0) is 8.04. The summed E-state index contributed by atoms with van der Waals surface area (Å²) in [6, 6.07) is 0. The van der Waals surface area contributed by atoms with Crippen molar-refractivity contribution in [1.29, 1.82) is 0 Å². The van der Waals surface area contributed by atoms with E-state index in [2.05, 4.69) is 14.0 Å². The molecule has 0 amide bonds. The van der Waals surface area contributed by atoms with E-state index in [9.17, 15) is 13.0 Å². The average molecular weight is 184 g/mol. The van der Waals surface area contributed by atoms with Gasteiger partial charge in [-0.1, -0.05) is 0 Å². The summed E-state index contributed by atoms with van der Waals surface area (Å²) >= 11 is 0. The first-order valence-corrected chi connectivity index (χ1v) is 4.27. The van der Waals surface area contributed by atoms with Crippen molar-refractivity contribution in [2.24, 2.45) is 0 Å². The molecule has 0 atom stereocenters. The fourth-order valence-electron chi connectivity index (χ4n) is 0.173. The van der Waals surface area contributed by atoms with E-state index in [-0.39, 0.29) is 6.61 Å². The second kappa shape index (κ2) is 4.66. The van der Waals surface area contributed by atoms with Crippen molar-refractivity contribution in [3.05, 3.63) is 0 Å². The predicted octanol–water partition coefficient (Wildman–Crippen LogP) is 0.145. The van der Waals surface area contributed by atoms with E-state index in [0.717, 1.165) is 7.11 Å². The van der Waals surface area contributed by atoms with Crippen LogP contribution < -0.4 is 0 Å². The normalized spacial score (nSPS) is 10.5. The van der Waals surface area contributed by atoms with Gasteiger partial charge in [0, 0.05) is 0 Å². The number of hydrogen-bond acceptors (Lipinski definition) is 5. The fraction of sp³-hybridized carbons (Fsp3) is 0.667. The van der Waals surface area contributed by atoms with Crippen molar-refractivity contribution in [3.8, 4) is 5.63 Å². The van der Waals surface area contributed by atoms with Gasteiger partial charge in [0.05, 0.1) is 0 Å². The van der Waals surface area contributed by atoms with Crippen LogP contribution in [0.4, 0.5) is 0 Å². The molecule has 0 aromatic heterocycles. The molecule has 0 fully saturated rings. The summed E-state index contributed by atoms with van der Waals surface area (Å²) in [6.45, 7) is -0.374. The molecular weight excluding hydrogens is 179 g/mol. The van der Waals surface area contributed by atoms with E-state index in [1.807, 2.05) is 0 Å². The van der Waals surface area contributed by atoms with E-state index in [1.165, 1.54) is 0 Å². The molecule has 58 valence electrons. The predicted molar refractivity (Wildman–Crippen MR) is 33.4 cm³/mol. The Morgan fingerprint density at radius 1 is 1.60 bits per heavy atom. The zero-order valence-electron chi connectivity index (χ0n) is 5.10. The third-order valence-corrected chi connectivity index (χ3v) is 1.61. The van der Waals surface area contributed by atoms with Gasteiger partial charge >= 0.3 is 59.0 Å². The minimum absolute atomic E-state index is 0.374. The van der Waals surface area contributed by atoms with Crippen molar-refractivity contribution in [1.82, 2.24) is 0 Å². The van der Waals surface area contributed by atoms with Gasteiger partial charge in [-0.2, -0.15) is 0 Å². The van der Waals surface area contributed by atoms with Crippen LogP contribution >= 0.6 is 7.92 Å². The third-order valence-electron chi connectivity index (χ3n) is 0.536. The van der Waals surface area contributed by atoms with Crippen LogP contribution in [0.5, 0.6) is 0 Å². The molecule has 0 aromatic carbocycles. The Labute approximate surface area is 59.8 Å². The van der Waals surface area contributed by atoms with Crippen molar-refractivity contribution < 1.29 is 21.3 Å². The Morgan fingerprint density at radius 2 is 2.20 bits per heavy atom. The zero-order valence-corrected chi connectivity index (χ0v) is 6.81. The van der Waals surface area contributed by atoms with Gasteiger partial charge in [0.2, 0.25) is 0 Å². The maximum absolute atomic E-state index is 10.3. The first kappa shape index (κ1) is 9.88. The topological polar surface area (TPSA) is 69.7 Å². The molecule has 0 bridgehead atoms. The Morgan fingerprint density at radius 3 is 2.60 bits per heavy atom. The quantitative estimate of drug-likeness (QED) is 0.583. The van der Waals surface area contributed by atoms with Gasteiger partial charge in [-0.05, 0) is 0 Å². The molecule has 7 heteroatoms. The van der Waals surface area contributed by atoms with E-state index in [4.69, 9.17) is 0 Å². The van der Waals surface area contributed by atoms with Crippen LogP contribution in [0.1, 0.15) is 0 Å². The number of hydrogen-bond donors (Lipinski definition) is 0. The Kier molecular flexibility index (Phi) is 4.60. The molecule has 10 heavy (non-hydrogen) atoms. The van der Waals surface area contributed by atoms with Crippen molar-refractivity contribution in [2.75, 3.05) is 13.7 Å². The average Bonchev–Trinajstić information content (AvgIpc) is 1.89. The summed E-state index contributed by atoms with van der Waals surface area (Å²) in [5.74, 6) is 0. The van der Waals surface area contributed by atoms with Gasteiger partial charge in [0.1, 0.15) is 0 Å².